The van der Waals surface area contributed by atoms with E-state index in [9.17, 15) is 33.6 Å². The number of hydrazone groups is 1. The quantitative estimate of drug-likeness (QED) is 0.0744. The van der Waals surface area contributed by atoms with Gasteiger partial charge in [0.1, 0.15) is 12.1 Å². The molecule has 0 radical (unpaired) electrons. The molecule has 14 heteroatoms. The lowest BCUT2D eigenvalue weighted by atomic mass is 10.0. The van der Waals surface area contributed by atoms with Crippen LogP contribution in [0.5, 0.6) is 0 Å². The number of carbonyl (C=O) groups excluding carboxylic acids is 5. The van der Waals surface area contributed by atoms with Crippen LogP contribution in [0.4, 0.5) is 0 Å². The van der Waals surface area contributed by atoms with Crippen molar-refractivity contribution in [3.05, 3.63) is 47.5 Å². The van der Waals surface area contributed by atoms with Gasteiger partial charge in [-0.3, -0.25) is 38.5 Å². The molecule has 2 rings (SSSR count). The smallest absolute Gasteiger partial charge is 0.325 e. The lowest BCUT2D eigenvalue weighted by Crippen LogP contribution is -2.51. The van der Waals surface area contributed by atoms with Crippen molar-refractivity contribution < 1.29 is 43.8 Å². The van der Waals surface area contributed by atoms with Gasteiger partial charge in [0, 0.05) is 31.5 Å². The summed E-state index contributed by atoms with van der Waals surface area (Å²) in [5, 5.41) is 26.6. The number of amides is 5. The van der Waals surface area contributed by atoms with E-state index >= 15 is 0 Å². The third kappa shape index (κ3) is 11.3. The summed E-state index contributed by atoms with van der Waals surface area (Å²) in [5.41, 5.74) is 4.59. The number of nitrogens with one attached hydrogen (secondary N) is 3. The Bertz CT molecular complexity index is 1240. The highest BCUT2D eigenvalue weighted by molar-refractivity contribution is 6.12. The van der Waals surface area contributed by atoms with Crippen molar-refractivity contribution in [3.8, 4) is 0 Å². The number of hydrogen-bond donors (Lipinski definition) is 5. The fourth-order valence-corrected chi connectivity index (χ4v) is 3.85. The van der Waals surface area contributed by atoms with Gasteiger partial charge in [0.15, 0.2) is 0 Å². The van der Waals surface area contributed by atoms with Gasteiger partial charge >= 0.3 is 11.9 Å². The molecule has 1 aliphatic rings. The van der Waals surface area contributed by atoms with Crippen LogP contribution in [0.3, 0.4) is 0 Å². The number of imide groups is 1. The molecule has 0 aromatic heterocycles. The summed E-state index contributed by atoms with van der Waals surface area (Å²) in [7, 11) is 0. The van der Waals surface area contributed by atoms with Gasteiger partial charge in [-0.05, 0) is 44.2 Å². The Morgan fingerprint density at radius 3 is 2.12 bits per heavy atom. The summed E-state index contributed by atoms with van der Waals surface area (Å²) in [6, 6.07) is 4.40. The summed E-state index contributed by atoms with van der Waals surface area (Å²) in [5.74, 6) is -5.01. The van der Waals surface area contributed by atoms with Crippen LogP contribution in [-0.4, -0.2) is 80.9 Å². The summed E-state index contributed by atoms with van der Waals surface area (Å²) < 4.78 is 0. The van der Waals surface area contributed by atoms with Crippen LogP contribution < -0.4 is 16.1 Å². The van der Waals surface area contributed by atoms with E-state index in [0.29, 0.717) is 37.9 Å². The van der Waals surface area contributed by atoms with Gasteiger partial charge in [-0.25, -0.2) is 5.43 Å². The Kier molecular flexibility index (Phi) is 13.0. The molecule has 14 nitrogen and oxygen atoms in total. The Morgan fingerprint density at radius 1 is 0.881 bits per heavy atom. The van der Waals surface area contributed by atoms with E-state index in [2.05, 4.69) is 21.2 Å². The first-order valence-corrected chi connectivity index (χ1v) is 13.4. The van der Waals surface area contributed by atoms with Crippen LogP contribution in [0.2, 0.25) is 0 Å². The van der Waals surface area contributed by atoms with Crippen LogP contribution in [0.25, 0.3) is 0 Å². The number of aliphatic carboxylic acids is 2. The molecule has 0 spiro atoms. The molecule has 1 aliphatic heterocycles. The fraction of sp³-hybridized carbons (Fsp3) is 0.429. The molecule has 0 saturated carbocycles. The lowest BCUT2D eigenvalue weighted by Gasteiger charge is -2.18. The Balaban J connectivity index is 1.75. The number of unbranched alkanes of at least 4 members (excludes halogenated alkanes) is 2. The molecule has 0 unspecified atom stereocenters. The van der Waals surface area contributed by atoms with Gasteiger partial charge in [0.25, 0.3) is 11.8 Å². The highest BCUT2D eigenvalue weighted by atomic mass is 16.4. The zero-order valence-electron chi connectivity index (χ0n) is 23.4. The van der Waals surface area contributed by atoms with Gasteiger partial charge in [-0.1, -0.05) is 30.7 Å². The number of hydrogen-bond acceptors (Lipinski definition) is 8. The third-order valence-corrected chi connectivity index (χ3v) is 6.31. The van der Waals surface area contributed by atoms with Crippen molar-refractivity contribution >= 4 is 47.2 Å². The second-order valence-electron chi connectivity index (χ2n) is 9.69. The molecule has 42 heavy (non-hydrogen) atoms. The van der Waals surface area contributed by atoms with Crippen molar-refractivity contribution in [3.63, 3.8) is 0 Å². The Labute approximate surface area is 242 Å². The van der Waals surface area contributed by atoms with Gasteiger partial charge < -0.3 is 20.8 Å². The van der Waals surface area contributed by atoms with E-state index in [1.54, 1.807) is 31.2 Å². The van der Waals surface area contributed by atoms with E-state index < -0.39 is 42.3 Å². The molecule has 0 saturated heterocycles. The highest BCUT2D eigenvalue weighted by Gasteiger charge is 2.26. The first-order valence-electron chi connectivity index (χ1n) is 13.4. The normalized spacial score (nSPS) is 14.3. The minimum absolute atomic E-state index is 0.0398. The molecule has 1 heterocycles. The second kappa shape index (κ2) is 16.4. The van der Waals surface area contributed by atoms with E-state index in [1.165, 1.54) is 24.0 Å². The summed E-state index contributed by atoms with van der Waals surface area (Å²) in [4.78, 5) is 82.9. The van der Waals surface area contributed by atoms with Crippen LogP contribution in [0, 0.1) is 0 Å². The Hall–Kier alpha value is -4.88. The van der Waals surface area contributed by atoms with Crippen molar-refractivity contribution in [1.82, 2.24) is 21.0 Å². The van der Waals surface area contributed by atoms with Gasteiger partial charge in [-0.15, -0.1) is 0 Å². The molecule has 0 bridgehead atoms. The summed E-state index contributed by atoms with van der Waals surface area (Å²) in [6.07, 6.45) is 4.13. The molecule has 0 aliphatic carbocycles. The first-order chi connectivity index (χ1) is 19.9. The van der Waals surface area contributed by atoms with Crippen molar-refractivity contribution in [2.45, 2.75) is 70.9 Å². The largest absolute Gasteiger partial charge is 0.481 e. The van der Waals surface area contributed by atoms with Gasteiger partial charge in [-0.2, -0.15) is 5.10 Å². The molecule has 5 amide bonds. The minimum atomic E-state index is -1.42. The molecular formula is C28H35N5O9. The number of rotatable bonds is 17. The fourth-order valence-electron chi connectivity index (χ4n) is 3.85. The topological polar surface area (TPSA) is 212 Å². The number of aryl methyl sites for hydroxylation is 1. The third-order valence-electron chi connectivity index (χ3n) is 6.31. The molecule has 5 N–H and O–H groups in total. The number of benzene rings is 1. The van der Waals surface area contributed by atoms with Crippen molar-refractivity contribution in [2.75, 3.05) is 6.54 Å². The van der Waals surface area contributed by atoms with Crippen LogP contribution in [0.1, 0.15) is 63.5 Å². The maximum absolute atomic E-state index is 12.4. The average Bonchev–Trinajstić information content (AvgIpc) is 3.26. The van der Waals surface area contributed by atoms with E-state index in [4.69, 9.17) is 10.2 Å². The predicted molar refractivity (Wildman–Crippen MR) is 149 cm³/mol. The second-order valence-corrected chi connectivity index (χ2v) is 9.69. The molecular weight excluding hydrogens is 550 g/mol. The maximum atomic E-state index is 12.4. The number of carboxylic acids is 2. The van der Waals surface area contributed by atoms with Crippen LogP contribution >= 0.6 is 0 Å². The summed E-state index contributed by atoms with van der Waals surface area (Å²) in [6.45, 7) is 3.26. The standard InChI is InChI=1S/C28H35N5O9/c1-17(31-32-23(35)6-4-3-5-15-33-24(36)13-14-25(33)37)20-10-7-19(8-11-20)9-12-22(34)30-21(16-26(38)39)27(40)29-18(2)28(41)42/h7-8,10-11,13-14,18,21H,3-6,9,12,15-16H2,1-2H3,(H,29,40)(H,30,34)(H,32,35)(H,38,39)(H,41,42)/b31-17+/t18-,21-/m0/s1. The molecule has 2 atom stereocenters. The Morgan fingerprint density at radius 2 is 1.52 bits per heavy atom. The zero-order chi connectivity index (χ0) is 31.2. The molecule has 0 fully saturated rings. The van der Waals surface area contributed by atoms with E-state index in [1.807, 2.05) is 0 Å². The van der Waals surface area contributed by atoms with E-state index in [0.717, 1.165) is 11.1 Å². The summed E-state index contributed by atoms with van der Waals surface area (Å²) >= 11 is 0. The predicted octanol–water partition coefficient (Wildman–Crippen LogP) is 0.494. The SMILES string of the molecule is C/C(=N\NC(=O)CCCCCN1C(=O)C=CC1=O)c1ccc(CCC(=O)N[C@@H](CC(=O)O)C(=O)N[C@@H](C)C(=O)O)cc1. The molecule has 226 valence electrons. The number of nitrogens with zero attached hydrogens (tertiary/aromatic N) is 2. The van der Waals surface area contributed by atoms with Crippen LogP contribution in [0.15, 0.2) is 41.5 Å². The average molecular weight is 586 g/mol. The lowest BCUT2D eigenvalue weighted by molar-refractivity contribution is -0.143. The molecule has 1 aromatic rings. The van der Waals surface area contributed by atoms with Gasteiger partial charge in [0.2, 0.25) is 17.7 Å². The number of carbonyl (C=O) groups is 7. The zero-order valence-corrected chi connectivity index (χ0v) is 23.4. The minimum Gasteiger partial charge on any atom is -0.481 e. The van der Waals surface area contributed by atoms with Crippen molar-refractivity contribution in [1.29, 1.82) is 0 Å². The molecule has 1 aromatic carbocycles. The van der Waals surface area contributed by atoms with E-state index in [-0.39, 0.29) is 30.6 Å². The monoisotopic (exact) mass is 585 g/mol. The van der Waals surface area contributed by atoms with Crippen LogP contribution in [-0.2, 0) is 40.0 Å². The number of carboxylic acid groups (broad SMARTS) is 2. The van der Waals surface area contributed by atoms with Gasteiger partial charge in [0.05, 0.1) is 12.1 Å². The first kappa shape index (κ1) is 33.3. The maximum Gasteiger partial charge on any atom is 0.325 e. The van der Waals surface area contributed by atoms with Crippen molar-refractivity contribution in [2.24, 2.45) is 5.10 Å². The highest BCUT2D eigenvalue weighted by Crippen LogP contribution is 2.10.